The minimum atomic E-state index is -0.168. The average molecular weight is 353 g/mol. The molecule has 138 valence electrons. The summed E-state index contributed by atoms with van der Waals surface area (Å²) in [5.41, 5.74) is 4.75. The van der Waals surface area contributed by atoms with E-state index in [0.29, 0.717) is 16.8 Å². The SMILES string of the molecule is CCn1c(C)cc(C(=O)Nc2cccc(C)c2C(=O)N2CCCC2)c1C. The lowest BCUT2D eigenvalue weighted by molar-refractivity contribution is 0.0793. The number of rotatable bonds is 4. The van der Waals surface area contributed by atoms with E-state index in [1.807, 2.05) is 49.9 Å². The fourth-order valence-corrected chi connectivity index (χ4v) is 3.84. The number of aryl methyl sites for hydroxylation is 2. The Hall–Kier alpha value is -2.56. The zero-order valence-corrected chi connectivity index (χ0v) is 16.1. The van der Waals surface area contributed by atoms with E-state index in [2.05, 4.69) is 16.8 Å². The average Bonchev–Trinajstić information content (AvgIpc) is 3.23. The predicted molar refractivity (Wildman–Crippen MR) is 104 cm³/mol. The van der Waals surface area contributed by atoms with E-state index in [4.69, 9.17) is 0 Å². The van der Waals surface area contributed by atoms with Crippen LogP contribution in [0.25, 0.3) is 0 Å². The summed E-state index contributed by atoms with van der Waals surface area (Å²) in [5, 5.41) is 2.98. The van der Waals surface area contributed by atoms with Crippen LogP contribution in [0.15, 0.2) is 24.3 Å². The Morgan fingerprint density at radius 1 is 1.12 bits per heavy atom. The van der Waals surface area contributed by atoms with Crippen LogP contribution in [0.3, 0.4) is 0 Å². The first kappa shape index (κ1) is 18.2. The molecule has 1 aliphatic heterocycles. The quantitative estimate of drug-likeness (QED) is 0.906. The van der Waals surface area contributed by atoms with Crippen LogP contribution in [0, 0.1) is 20.8 Å². The van der Waals surface area contributed by atoms with Gasteiger partial charge in [0, 0.05) is 31.0 Å². The van der Waals surface area contributed by atoms with Gasteiger partial charge in [-0.05, 0) is 58.2 Å². The molecule has 3 rings (SSSR count). The highest BCUT2D eigenvalue weighted by molar-refractivity contribution is 6.10. The molecule has 1 aliphatic rings. The molecule has 2 heterocycles. The topological polar surface area (TPSA) is 54.3 Å². The third-order valence-corrected chi connectivity index (χ3v) is 5.26. The Morgan fingerprint density at radius 2 is 1.81 bits per heavy atom. The third kappa shape index (κ3) is 3.26. The van der Waals surface area contributed by atoms with Crippen molar-refractivity contribution in [2.45, 2.75) is 47.1 Å². The third-order valence-electron chi connectivity index (χ3n) is 5.26. The summed E-state index contributed by atoms with van der Waals surface area (Å²) in [4.78, 5) is 27.7. The lowest BCUT2D eigenvalue weighted by Gasteiger charge is -2.19. The molecule has 1 aromatic carbocycles. The molecule has 2 amide bonds. The van der Waals surface area contributed by atoms with Gasteiger partial charge in [-0.25, -0.2) is 0 Å². The van der Waals surface area contributed by atoms with E-state index in [1.54, 1.807) is 0 Å². The van der Waals surface area contributed by atoms with Crippen LogP contribution in [0.2, 0.25) is 0 Å². The Balaban J connectivity index is 1.92. The molecule has 1 N–H and O–H groups in total. The van der Waals surface area contributed by atoms with Crippen molar-refractivity contribution in [2.75, 3.05) is 18.4 Å². The molecule has 0 bridgehead atoms. The van der Waals surface area contributed by atoms with Gasteiger partial charge in [-0.15, -0.1) is 0 Å². The number of amides is 2. The molecule has 5 heteroatoms. The molecular weight excluding hydrogens is 326 g/mol. The van der Waals surface area contributed by atoms with E-state index in [9.17, 15) is 9.59 Å². The normalized spacial score (nSPS) is 13.9. The first-order valence-corrected chi connectivity index (χ1v) is 9.31. The van der Waals surface area contributed by atoms with Crippen LogP contribution in [0.1, 0.15) is 57.4 Å². The number of likely N-dealkylation sites (tertiary alicyclic amines) is 1. The number of nitrogens with zero attached hydrogens (tertiary/aromatic N) is 2. The maximum atomic E-state index is 12.9. The van der Waals surface area contributed by atoms with Crippen LogP contribution in [0.4, 0.5) is 5.69 Å². The fraction of sp³-hybridized carbons (Fsp3) is 0.429. The minimum absolute atomic E-state index is 0.00920. The lowest BCUT2D eigenvalue weighted by Crippen LogP contribution is -2.29. The largest absolute Gasteiger partial charge is 0.349 e. The van der Waals surface area contributed by atoms with Gasteiger partial charge in [-0.2, -0.15) is 0 Å². The lowest BCUT2D eigenvalue weighted by atomic mass is 10.0. The Labute approximate surface area is 155 Å². The van der Waals surface area contributed by atoms with E-state index in [1.165, 1.54) is 0 Å². The zero-order valence-electron chi connectivity index (χ0n) is 16.1. The maximum absolute atomic E-state index is 12.9. The summed E-state index contributed by atoms with van der Waals surface area (Å²) in [6.45, 7) is 10.3. The Bertz CT molecular complexity index is 845. The van der Waals surface area contributed by atoms with Crippen molar-refractivity contribution in [3.8, 4) is 0 Å². The molecule has 0 atom stereocenters. The van der Waals surface area contributed by atoms with Crippen LogP contribution in [-0.4, -0.2) is 34.4 Å². The Morgan fingerprint density at radius 3 is 2.42 bits per heavy atom. The molecular formula is C21H27N3O2. The van der Waals surface area contributed by atoms with Gasteiger partial charge in [0.05, 0.1) is 16.8 Å². The van der Waals surface area contributed by atoms with E-state index < -0.39 is 0 Å². The number of hydrogen-bond acceptors (Lipinski definition) is 2. The Kier molecular flexibility index (Phi) is 5.16. The molecule has 1 saturated heterocycles. The van der Waals surface area contributed by atoms with Crippen molar-refractivity contribution in [3.05, 3.63) is 52.3 Å². The summed E-state index contributed by atoms with van der Waals surface area (Å²) >= 11 is 0. The van der Waals surface area contributed by atoms with E-state index in [0.717, 1.165) is 49.4 Å². The van der Waals surface area contributed by atoms with Crippen molar-refractivity contribution in [2.24, 2.45) is 0 Å². The van der Waals surface area contributed by atoms with Gasteiger partial charge in [0.1, 0.15) is 0 Å². The predicted octanol–water partition coefficient (Wildman–Crippen LogP) is 3.92. The van der Waals surface area contributed by atoms with Crippen LogP contribution in [-0.2, 0) is 6.54 Å². The monoisotopic (exact) mass is 353 g/mol. The molecule has 0 aliphatic carbocycles. The van der Waals surface area contributed by atoms with E-state index >= 15 is 0 Å². The summed E-state index contributed by atoms with van der Waals surface area (Å²) < 4.78 is 2.11. The van der Waals surface area contributed by atoms with Gasteiger partial charge in [0.15, 0.2) is 0 Å². The highest BCUT2D eigenvalue weighted by Crippen LogP contribution is 2.25. The van der Waals surface area contributed by atoms with Crippen molar-refractivity contribution >= 4 is 17.5 Å². The van der Waals surface area contributed by atoms with Gasteiger partial charge in [-0.1, -0.05) is 12.1 Å². The van der Waals surface area contributed by atoms with Crippen molar-refractivity contribution < 1.29 is 9.59 Å². The number of aromatic nitrogens is 1. The summed E-state index contributed by atoms with van der Waals surface area (Å²) in [6, 6.07) is 7.52. The number of carbonyl (C=O) groups excluding carboxylic acids is 2. The standard InChI is InChI=1S/C21H27N3O2/c1-5-24-15(3)13-17(16(24)4)20(25)22-18-10-8-9-14(2)19(18)21(26)23-11-6-7-12-23/h8-10,13H,5-7,11-12H2,1-4H3,(H,22,25). The molecule has 1 aromatic heterocycles. The van der Waals surface area contributed by atoms with E-state index in [-0.39, 0.29) is 11.8 Å². The molecule has 0 unspecified atom stereocenters. The maximum Gasteiger partial charge on any atom is 0.257 e. The van der Waals surface area contributed by atoms with Crippen molar-refractivity contribution in [1.29, 1.82) is 0 Å². The highest BCUT2D eigenvalue weighted by atomic mass is 16.2. The van der Waals surface area contributed by atoms with Crippen molar-refractivity contribution in [3.63, 3.8) is 0 Å². The van der Waals surface area contributed by atoms with Gasteiger partial charge >= 0.3 is 0 Å². The molecule has 0 saturated carbocycles. The fourth-order valence-electron chi connectivity index (χ4n) is 3.84. The van der Waals surface area contributed by atoms with Gasteiger partial charge in [0.2, 0.25) is 0 Å². The molecule has 1 fully saturated rings. The molecule has 26 heavy (non-hydrogen) atoms. The van der Waals surface area contributed by atoms with Crippen molar-refractivity contribution in [1.82, 2.24) is 9.47 Å². The zero-order chi connectivity index (χ0) is 18.8. The summed E-state index contributed by atoms with van der Waals surface area (Å²) in [7, 11) is 0. The minimum Gasteiger partial charge on any atom is -0.349 e. The highest BCUT2D eigenvalue weighted by Gasteiger charge is 2.25. The summed E-state index contributed by atoms with van der Waals surface area (Å²) in [5.74, 6) is -0.159. The molecule has 0 spiro atoms. The second-order valence-electron chi connectivity index (χ2n) is 6.98. The molecule has 5 nitrogen and oxygen atoms in total. The van der Waals surface area contributed by atoms with Crippen LogP contribution >= 0.6 is 0 Å². The summed E-state index contributed by atoms with van der Waals surface area (Å²) in [6.07, 6.45) is 2.09. The van der Waals surface area contributed by atoms with Gasteiger partial charge < -0.3 is 14.8 Å². The second-order valence-corrected chi connectivity index (χ2v) is 6.98. The van der Waals surface area contributed by atoms with Gasteiger partial charge in [-0.3, -0.25) is 9.59 Å². The molecule has 0 radical (unpaired) electrons. The van der Waals surface area contributed by atoms with Gasteiger partial charge in [0.25, 0.3) is 11.8 Å². The number of nitrogens with one attached hydrogen (secondary N) is 1. The number of carbonyl (C=O) groups is 2. The number of benzene rings is 1. The second kappa shape index (κ2) is 7.36. The molecule has 2 aromatic rings. The number of anilines is 1. The van der Waals surface area contributed by atoms with Crippen LogP contribution in [0.5, 0.6) is 0 Å². The first-order valence-electron chi connectivity index (χ1n) is 9.31. The first-order chi connectivity index (χ1) is 12.4. The smallest absolute Gasteiger partial charge is 0.257 e. The van der Waals surface area contributed by atoms with Crippen LogP contribution < -0.4 is 5.32 Å². The number of hydrogen-bond donors (Lipinski definition) is 1.